The fraction of sp³-hybridized carbons (Fsp3) is 0.500. The fourth-order valence-electron chi connectivity index (χ4n) is 2.68. The summed E-state index contributed by atoms with van der Waals surface area (Å²) in [6, 6.07) is 7.86. The molecule has 1 saturated heterocycles. The molecule has 0 aliphatic carbocycles. The number of nitrogens with zero attached hydrogens (tertiary/aromatic N) is 1. The first-order chi connectivity index (χ1) is 9.03. The van der Waals surface area contributed by atoms with Crippen molar-refractivity contribution >= 4 is 21.9 Å². The summed E-state index contributed by atoms with van der Waals surface area (Å²) in [5.41, 5.74) is 0.448. The van der Waals surface area contributed by atoms with Crippen LogP contribution in [0.2, 0.25) is 0 Å². The number of esters is 1. The molecule has 4 nitrogen and oxygen atoms in total. The number of hydrogen-bond acceptors (Lipinski definition) is 4. The summed E-state index contributed by atoms with van der Waals surface area (Å²) < 4.78 is 11.3. The lowest BCUT2D eigenvalue weighted by atomic mass is 9.74. The highest BCUT2D eigenvalue weighted by Gasteiger charge is 2.55. The molecule has 0 saturated carbocycles. The molecule has 0 N–H and O–H groups in total. The minimum Gasteiger partial charge on any atom is -0.468 e. The van der Waals surface area contributed by atoms with E-state index in [-0.39, 0.29) is 12.0 Å². The van der Waals surface area contributed by atoms with Gasteiger partial charge < -0.3 is 14.4 Å². The number of methoxy groups -OCH3 is 1. The van der Waals surface area contributed by atoms with Crippen LogP contribution in [0, 0.1) is 5.41 Å². The van der Waals surface area contributed by atoms with Crippen molar-refractivity contribution in [3.05, 3.63) is 34.3 Å². The number of halogens is 1. The zero-order valence-corrected chi connectivity index (χ0v) is 12.9. The molecule has 0 radical (unpaired) electrons. The van der Waals surface area contributed by atoms with Gasteiger partial charge in [0, 0.05) is 4.47 Å². The van der Waals surface area contributed by atoms with E-state index in [1.165, 1.54) is 7.11 Å². The highest BCUT2D eigenvalue weighted by molar-refractivity contribution is 9.10. The van der Waals surface area contributed by atoms with Crippen LogP contribution in [-0.4, -0.2) is 45.3 Å². The number of benzene rings is 1. The van der Waals surface area contributed by atoms with E-state index in [1.807, 2.05) is 43.3 Å². The molecular weight excluding hydrogens is 310 g/mol. The molecule has 1 aliphatic rings. The molecular formula is C14H18BrNO3. The minimum absolute atomic E-state index is 0.0794. The van der Waals surface area contributed by atoms with Crippen molar-refractivity contribution in [2.24, 2.45) is 5.41 Å². The van der Waals surface area contributed by atoms with Gasteiger partial charge in [-0.15, -0.1) is 0 Å². The van der Waals surface area contributed by atoms with Crippen LogP contribution in [0.5, 0.6) is 0 Å². The average Bonchev–Trinajstić information content (AvgIpc) is 2.33. The number of carbonyl (C=O) groups excluding carboxylic acids is 1. The molecule has 5 heteroatoms. The van der Waals surface area contributed by atoms with Crippen LogP contribution >= 0.6 is 15.9 Å². The first kappa shape index (κ1) is 14.5. The van der Waals surface area contributed by atoms with Crippen LogP contribution in [0.3, 0.4) is 0 Å². The topological polar surface area (TPSA) is 38.8 Å². The van der Waals surface area contributed by atoms with Crippen LogP contribution in [0.4, 0.5) is 0 Å². The van der Waals surface area contributed by atoms with Gasteiger partial charge >= 0.3 is 5.97 Å². The highest BCUT2D eigenvalue weighted by Crippen LogP contribution is 2.46. The first-order valence-electron chi connectivity index (χ1n) is 6.10. The summed E-state index contributed by atoms with van der Waals surface area (Å²) in [6.07, 6.45) is 0. The number of rotatable bonds is 4. The molecule has 1 aromatic carbocycles. The van der Waals surface area contributed by atoms with Crippen molar-refractivity contribution in [3.63, 3.8) is 0 Å². The lowest BCUT2D eigenvalue weighted by molar-refractivity contribution is -0.197. The van der Waals surface area contributed by atoms with Gasteiger partial charge in [0.2, 0.25) is 0 Å². The standard InChI is InChI=1S/C14H18BrNO3/c1-16(2)12(10-6-4-5-7-11(10)15)14(8-19-9-14)13(17)18-3/h4-7,12H,8-9H2,1-3H3. The predicted octanol–water partition coefficient (Wildman–Crippen LogP) is 2.24. The summed E-state index contributed by atoms with van der Waals surface area (Å²) in [4.78, 5) is 14.2. The smallest absolute Gasteiger partial charge is 0.318 e. The van der Waals surface area contributed by atoms with Crippen molar-refractivity contribution in [1.29, 1.82) is 0 Å². The van der Waals surface area contributed by atoms with Crippen molar-refractivity contribution < 1.29 is 14.3 Å². The van der Waals surface area contributed by atoms with Crippen LogP contribution in [0.15, 0.2) is 28.7 Å². The van der Waals surface area contributed by atoms with Crippen molar-refractivity contribution in [2.45, 2.75) is 6.04 Å². The first-order valence-corrected chi connectivity index (χ1v) is 6.89. The monoisotopic (exact) mass is 327 g/mol. The second-order valence-corrected chi connectivity index (χ2v) is 5.88. The van der Waals surface area contributed by atoms with E-state index in [2.05, 4.69) is 15.9 Å². The van der Waals surface area contributed by atoms with Gasteiger partial charge in [-0.3, -0.25) is 4.79 Å². The Morgan fingerprint density at radius 3 is 2.47 bits per heavy atom. The predicted molar refractivity (Wildman–Crippen MR) is 75.8 cm³/mol. The third kappa shape index (κ3) is 2.42. The Labute approximate surface area is 121 Å². The molecule has 0 bridgehead atoms. The Bertz CT molecular complexity index is 472. The van der Waals surface area contributed by atoms with Crippen LogP contribution < -0.4 is 0 Å². The Morgan fingerprint density at radius 2 is 2.05 bits per heavy atom. The third-order valence-electron chi connectivity index (χ3n) is 3.55. The van der Waals surface area contributed by atoms with E-state index < -0.39 is 5.41 Å². The Hall–Kier alpha value is -0.910. The van der Waals surface area contributed by atoms with E-state index in [0.29, 0.717) is 13.2 Å². The van der Waals surface area contributed by atoms with E-state index in [1.54, 1.807) is 0 Å². The molecule has 0 spiro atoms. The minimum atomic E-state index is -0.623. The lowest BCUT2D eigenvalue weighted by Gasteiger charge is -2.47. The van der Waals surface area contributed by atoms with Gasteiger partial charge in [0.1, 0.15) is 5.41 Å². The second-order valence-electron chi connectivity index (χ2n) is 5.03. The molecule has 0 amide bonds. The van der Waals surface area contributed by atoms with Gasteiger partial charge in [-0.1, -0.05) is 34.1 Å². The summed E-state index contributed by atoms with van der Waals surface area (Å²) >= 11 is 3.56. The summed E-state index contributed by atoms with van der Waals surface area (Å²) in [5.74, 6) is -0.215. The summed E-state index contributed by atoms with van der Waals surface area (Å²) in [6.45, 7) is 0.785. The molecule has 1 aromatic rings. The van der Waals surface area contributed by atoms with E-state index in [4.69, 9.17) is 9.47 Å². The molecule has 2 rings (SSSR count). The largest absolute Gasteiger partial charge is 0.468 e. The van der Waals surface area contributed by atoms with Gasteiger partial charge in [-0.2, -0.15) is 0 Å². The van der Waals surface area contributed by atoms with E-state index in [9.17, 15) is 4.79 Å². The quantitative estimate of drug-likeness (QED) is 0.795. The normalized spacial score (nSPS) is 18.8. The molecule has 1 unspecified atom stereocenters. The summed E-state index contributed by atoms with van der Waals surface area (Å²) in [5, 5.41) is 0. The Morgan fingerprint density at radius 1 is 1.42 bits per heavy atom. The maximum atomic E-state index is 12.2. The van der Waals surface area contributed by atoms with Crippen LogP contribution in [-0.2, 0) is 14.3 Å². The molecule has 1 fully saturated rings. The molecule has 1 heterocycles. The van der Waals surface area contributed by atoms with Crippen molar-refractivity contribution in [2.75, 3.05) is 34.4 Å². The van der Waals surface area contributed by atoms with E-state index >= 15 is 0 Å². The van der Waals surface area contributed by atoms with Gasteiger partial charge in [0.15, 0.2) is 0 Å². The fourth-order valence-corrected chi connectivity index (χ4v) is 3.18. The molecule has 104 valence electrons. The average molecular weight is 328 g/mol. The number of hydrogen-bond donors (Lipinski definition) is 0. The Kier molecular flexibility index (Phi) is 4.28. The lowest BCUT2D eigenvalue weighted by Crippen LogP contribution is -2.57. The van der Waals surface area contributed by atoms with Gasteiger partial charge in [-0.05, 0) is 25.7 Å². The highest BCUT2D eigenvalue weighted by atomic mass is 79.9. The van der Waals surface area contributed by atoms with Crippen molar-refractivity contribution in [1.82, 2.24) is 4.90 Å². The second kappa shape index (κ2) is 5.61. The SMILES string of the molecule is COC(=O)C1(C(c2ccccc2Br)N(C)C)COC1. The molecule has 1 aliphatic heterocycles. The number of ether oxygens (including phenoxy) is 2. The maximum absolute atomic E-state index is 12.2. The summed E-state index contributed by atoms with van der Waals surface area (Å²) in [7, 11) is 5.36. The van der Waals surface area contributed by atoms with Gasteiger partial charge in [0.25, 0.3) is 0 Å². The van der Waals surface area contributed by atoms with Crippen LogP contribution in [0.25, 0.3) is 0 Å². The van der Waals surface area contributed by atoms with Gasteiger partial charge in [-0.25, -0.2) is 0 Å². The van der Waals surface area contributed by atoms with E-state index in [0.717, 1.165) is 10.0 Å². The zero-order valence-electron chi connectivity index (χ0n) is 11.4. The van der Waals surface area contributed by atoms with Crippen molar-refractivity contribution in [3.8, 4) is 0 Å². The number of carbonyl (C=O) groups is 1. The Balaban J connectivity index is 2.46. The van der Waals surface area contributed by atoms with Gasteiger partial charge in [0.05, 0.1) is 26.4 Å². The zero-order chi connectivity index (χ0) is 14.0. The molecule has 1 atom stereocenters. The third-order valence-corrected chi connectivity index (χ3v) is 4.27. The molecule has 19 heavy (non-hydrogen) atoms. The van der Waals surface area contributed by atoms with Crippen LogP contribution in [0.1, 0.15) is 11.6 Å². The molecule has 0 aromatic heterocycles. The maximum Gasteiger partial charge on any atom is 0.318 e.